The number of rotatable bonds is 6. The number of anilines is 1. The van der Waals surface area contributed by atoms with E-state index in [1.54, 1.807) is 0 Å². The Morgan fingerprint density at radius 2 is 1.93 bits per heavy atom. The summed E-state index contributed by atoms with van der Waals surface area (Å²) in [6.45, 7) is 0.797. The molecule has 1 amide bonds. The van der Waals surface area contributed by atoms with Crippen LogP contribution in [0.1, 0.15) is 48.2 Å². The molecule has 4 fully saturated rings. The van der Waals surface area contributed by atoms with Crippen molar-refractivity contribution >= 4 is 22.4 Å². The third-order valence-electron chi connectivity index (χ3n) is 6.81. The molecule has 4 saturated carbocycles. The van der Waals surface area contributed by atoms with Crippen molar-refractivity contribution in [2.75, 3.05) is 11.9 Å². The molecule has 28 heavy (non-hydrogen) atoms. The highest BCUT2D eigenvalue weighted by Gasteiger charge is 2.55. The zero-order chi connectivity index (χ0) is 19.1. The van der Waals surface area contributed by atoms with Gasteiger partial charge in [0.1, 0.15) is 5.69 Å². The molecule has 4 bridgehead atoms. The predicted octanol–water partition coefficient (Wildman–Crippen LogP) is 3.47. The summed E-state index contributed by atoms with van der Waals surface area (Å²) in [6.07, 6.45) is 5.87. The van der Waals surface area contributed by atoms with Crippen LogP contribution < -0.4 is 10.6 Å². The number of thiazole rings is 1. The van der Waals surface area contributed by atoms with Gasteiger partial charge in [-0.3, -0.25) is 4.79 Å². The van der Waals surface area contributed by atoms with E-state index in [9.17, 15) is 9.90 Å². The summed E-state index contributed by atoms with van der Waals surface area (Å²) in [5.74, 6) is 1.41. The molecule has 3 N–H and O–H groups in total. The minimum Gasteiger partial charge on any atom is -0.390 e. The Morgan fingerprint density at radius 3 is 2.64 bits per heavy atom. The van der Waals surface area contributed by atoms with Crippen LogP contribution in [0.2, 0.25) is 0 Å². The molecule has 1 heterocycles. The Labute approximate surface area is 169 Å². The molecule has 5 nitrogen and oxygen atoms in total. The minimum atomic E-state index is -0.464. The van der Waals surface area contributed by atoms with Crippen LogP contribution in [0.15, 0.2) is 35.7 Å². The van der Waals surface area contributed by atoms with E-state index in [-0.39, 0.29) is 11.9 Å². The number of benzene rings is 1. The van der Waals surface area contributed by atoms with Gasteiger partial charge < -0.3 is 15.7 Å². The highest BCUT2D eigenvalue weighted by atomic mass is 32.1. The average Bonchev–Trinajstić information content (AvgIpc) is 3.13. The summed E-state index contributed by atoms with van der Waals surface area (Å²) in [6, 6.07) is 10.5. The highest BCUT2D eigenvalue weighted by molar-refractivity contribution is 7.13. The van der Waals surface area contributed by atoms with Crippen LogP contribution in [-0.4, -0.2) is 34.2 Å². The van der Waals surface area contributed by atoms with Crippen molar-refractivity contribution in [3.63, 3.8) is 0 Å². The van der Waals surface area contributed by atoms with Crippen molar-refractivity contribution in [3.8, 4) is 0 Å². The van der Waals surface area contributed by atoms with Gasteiger partial charge in [-0.2, -0.15) is 0 Å². The average molecular weight is 398 g/mol. The lowest BCUT2D eigenvalue weighted by molar-refractivity contribution is -0.136. The van der Waals surface area contributed by atoms with Crippen molar-refractivity contribution in [1.29, 1.82) is 0 Å². The Balaban J connectivity index is 1.17. The first-order chi connectivity index (χ1) is 13.6. The lowest BCUT2D eigenvalue weighted by Gasteiger charge is -2.58. The van der Waals surface area contributed by atoms with Gasteiger partial charge in [-0.1, -0.05) is 30.3 Å². The van der Waals surface area contributed by atoms with Crippen LogP contribution in [-0.2, 0) is 6.42 Å². The number of carbonyl (C=O) groups excluding carboxylic acids is 1. The van der Waals surface area contributed by atoms with E-state index in [4.69, 9.17) is 0 Å². The zero-order valence-corrected chi connectivity index (χ0v) is 16.8. The second-order valence-corrected chi connectivity index (χ2v) is 9.75. The number of aliphatic hydroxyl groups is 1. The largest absolute Gasteiger partial charge is 0.390 e. The van der Waals surface area contributed by atoms with Crippen molar-refractivity contribution in [2.45, 2.75) is 50.2 Å². The third kappa shape index (κ3) is 3.55. The predicted molar refractivity (Wildman–Crippen MR) is 111 cm³/mol. The summed E-state index contributed by atoms with van der Waals surface area (Å²) >= 11 is 1.48. The molecule has 2 unspecified atom stereocenters. The van der Waals surface area contributed by atoms with Crippen LogP contribution in [0, 0.1) is 17.8 Å². The lowest BCUT2D eigenvalue weighted by Crippen LogP contribution is -2.61. The van der Waals surface area contributed by atoms with E-state index in [1.165, 1.54) is 16.9 Å². The van der Waals surface area contributed by atoms with Crippen LogP contribution >= 0.6 is 11.3 Å². The summed E-state index contributed by atoms with van der Waals surface area (Å²) in [5, 5.41) is 19.9. The van der Waals surface area contributed by atoms with Crippen LogP contribution in [0.5, 0.6) is 0 Å². The number of nitrogens with one attached hydrogen (secondary N) is 2. The Morgan fingerprint density at radius 1 is 1.18 bits per heavy atom. The summed E-state index contributed by atoms with van der Waals surface area (Å²) in [5.41, 5.74) is 1.32. The molecule has 0 spiro atoms. The number of nitrogens with zero attached hydrogens (tertiary/aromatic N) is 1. The topological polar surface area (TPSA) is 74.2 Å². The maximum absolute atomic E-state index is 12.8. The van der Waals surface area contributed by atoms with E-state index in [0.29, 0.717) is 23.4 Å². The molecular formula is C22H27N3O2S. The third-order valence-corrected chi connectivity index (χ3v) is 7.61. The van der Waals surface area contributed by atoms with E-state index >= 15 is 0 Å². The number of hydrogen-bond donors (Lipinski definition) is 3. The Hall–Kier alpha value is -1.92. The number of amides is 1. The van der Waals surface area contributed by atoms with Gasteiger partial charge >= 0.3 is 0 Å². The van der Waals surface area contributed by atoms with E-state index in [1.807, 2.05) is 23.6 Å². The van der Waals surface area contributed by atoms with Crippen LogP contribution in [0.3, 0.4) is 0 Å². The van der Waals surface area contributed by atoms with Crippen molar-refractivity contribution in [3.05, 3.63) is 47.0 Å². The fraction of sp³-hybridized carbons (Fsp3) is 0.545. The molecule has 4 aliphatic carbocycles. The van der Waals surface area contributed by atoms with Gasteiger partial charge in [0.05, 0.1) is 5.60 Å². The monoisotopic (exact) mass is 397 g/mol. The molecule has 2 aromatic rings. The van der Waals surface area contributed by atoms with Crippen LogP contribution in [0.25, 0.3) is 0 Å². The standard InChI is InChI=1S/C22H27N3O2S/c26-20(25-19-16-8-15-9-17(19)12-22(27,10-15)11-16)18-13-28-21(24-18)23-7-6-14-4-2-1-3-5-14/h1-5,13,15-17,19,27H,6-12H2,(H,23,24)(H,25,26)/t15?,16?,17?,19-,22-. The van der Waals surface area contributed by atoms with Crippen molar-refractivity contribution in [1.82, 2.24) is 10.3 Å². The Bertz CT molecular complexity index is 836. The molecule has 6 heteroatoms. The van der Waals surface area contributed by atoms with Gasteiger partial charge in [-0.05, 0) is 61.8 Å². The molecule has 4 aliphatic rings. The second-order valence-electron chi connectivity index (χ2n) is 8.89. The quantitative estimate of drug-likeness (QED) is 0.698. The molecule has 2 atom stereocenters. The van der Waals surface area contributed by atoms with E-state index in [2.05, 4.69) is 27.8 Å². The summed E-state index contributed by atoms with van der Waals surface area (Å²) in [4.78, 5) is 17.3. The maximum atomic E-state index is 12.8. The molecule has 1 aromatic carbocycles. The number of aromatic nitrogens is 1. The minimum absolute atomic E-state index is 0.0724. The number of hydrogen-bond acceptors (Lipinski definition) is 5. The summed E-state index contributed by atoms with van der Waals surface area (Å²) in [7, 11) is 0. The molecule has 1 aromatic heterocycles. The first-order valence-corrected chi connectivity index (χ1v) is 11.2. The molecule has 0 saturated heterocycles. The van der Waals surface area contributed by atoms with Gasteiger partial charge in [-0.25, -0.2) is 4.98 Å². The Kier molecular flexibility index (Phi) is 4.63. The van der Waals surface area contributed by atoms with Gasteiger partial charge in [0.15, 0.2) is 5.13 Å². The smallest absolute Gasteiger partial charge is 0.271 e. The zero-order valence-electron chi connectivity index (χ0n) is 15.9. The maximum Gasteiger partial charge on any atom is 0.271 e. The normalized spacial score (nSPS) is 33.0. The van der Waals surface area contributed by atoms with E-state index in [0.717, 1.165) is 50.2 Å². The SMILES string of the molecule is O=C(N[C@H]1C2CC3CC1C[C@](O)(C3)C2)c1csc(NCCc2ccccc2)n1. The molecule has 6 rings (SSSR count). The molecular weight excluding hydrogens is 370 g/mol. The van der Waals surface area contributed by atoms with Gasteiger partial charge in [0, 0.05) is 18.0 Å². The van der Waals surface area contributed by atoms with Crippen LogP contribution in [0.4, 0.5) is 5.13 Å². The first-order valence-electron chi connectivity index (χ1n) is 10.3. The molecule has 148 valence electrons. The van der Waals surface area contributed by atoms with Crippen molar-refractivity contribution in [2.24, 2.45) is 17.8 Å². The van der Waals surface area contributed by atoms with Gasteiger partial charge in [0.2, 0.25) is 0 Å². The fourth-order valence-corrected chi connectivity index (χ4v) is 6.58. The van der Waals surface area contributed by atoms with Gasteiger partial charge in [-0.15, -0.1) is 11.3 Å². The second kappa shape index (κ2) is 7.16. The van der Waals surface area contributed by atoms with E-state index < -0.39 is 5.60 Å². The summed E-state index contributed by atoms with van der Waals surface area (Å²) < 4.78 is 0. The lowest BCUT2D eigenvalue weighted by atomic mass is 9.52. The highest BCUT2D eigenvalue weighted by Crippen LogP contribution is 2.55. The first kappa shape index (κ1) is 18.1. The number of carbonyl (C=O) groups is 1. The van der Waals surface area contributed by atoms with Crippen molar-refractivity contribution < 1.29 is 9.90 Å². The van der Waals surface area contributed by atoms with Gasteiger partial charge in [0.25, 0.3) is 5.91 Å². The fourth-order valence-electron chi connectivity index (χ4n) is 5.86. The molecule has 0 radical (unpaired) electrons. The molecule has 0 aliphatic heterocycles.